The van der Waals surface area contributed by atoms with Crippen molar-refractivity contribution in [3.63, 3.8) is 0 Å². The number of anilines is 1. The molecule has 0 bridgehead atoms. The lowest BCUT2D eigenvalue weighted by Gasteiger charge is -2.07. The van der Waals surface area contributed by atoms with Gasteiger partial charge in [-0.1, -0.05) is 29.0 Å². The van der Waals surface area contributed by atoms with Crippen LogP contribution in [0.2, 0.25) is 5.02 Å². The third-order valence-corrected chi connectivity index (χ3v) is 3.13. The highest BCUT2D eigenvalue weighted by Gasteiger charge is 2.03. The first kappa shape index (κ1) is 11.2. The van der Waals surface area contributed by atoms with Crippen LogP contribution in [0.5, 0.6) is 5.75 Å². The van der Waals surface area contributed by atoms with Crippen molar-refractivity contribution in [2.24, 2.45) is 0 Å². The van der Waals surface area contributed by atoms with Gasteiger partial charge in [-0.05, 0) is 24.6 Å². The predicted molar refractivity (Wildman–Crippen MR) is 67.0 cm³/mol. The van der Waals surface area contributed by atoms with Gasteiger partial charge in [0.2, 0.25) is 0 Å². The smallest absolute Gasteiger partial charge is 0.180 e. The van der Waals surface area contributed by atoms with Gasteiger partial charge in [0.15, 0.2) is 5.13 Å². The van der Waals surface area contributed by atoms with Crippen molar-refractivity contribution in [2.45, 2.75) is 13.5 Å². The maximum atomic E-state index is 5.89. The largest absolute Gasteiger partial charge is 0.488 e. The number of thiazole rings is 1. The van der Waals surface area contributed by atoms with E-state index in [4.69, 9.17) is 22.1 Å². The Labute approximate surface area is 103 Å². The molecule has 0 radical (unpaired) electrons. The number of hydrogen-bond acceptors (Lipinski definition) is 4. The van der Waals surface area contributed by atoms with E-state index in [0.29, 0.717) is 16.8 Å². The molecule has 84 valence electrons. The van der Waals surface area contributed by atoms with Crippen molar-refractivity contribution in [3.8, 4) is 5.75 Å². The Bertz CT molecular complexity index is 498. The number of rotatable bonds is 3. The number of halogens is 1. The molecule has 0 fully saturated rings. The summed E-state index contributed by atoms with van der Waals surface area (Å²) in [4.78, 5) is 4.96. The van der Waals surface area contributed by atoms with Crippen molar-refractivity contribution in [2.75, 3.05) is 5.73 Å². The molecule has 1 heterocycles. The molecule has 5 heteroatoms. The molecule has 1 aromatic carbocycles. The Kier molecular flexibility index (Phi) is 3.31. The molecule has 16 heavy (non-hydrogen) atoms. The molecule has 2 N–H and O–H groups in total. The zero-order valence-electron chi connectivity index (χ0n) is 8.74. The molecular weight excluding hydrogens is 244 g/mol. The zero-order valence-corrected chi connectivity index (χ0v) is 10.3. The Morgan fingerprint density at radius 3 is 3.00 bits per heavy atom. The van der Waals surface area contributed by atoms with Gasteiger partial charge in [-0.3, -0.25) is 0 Å². The molecule has 3 nitrogen and oxygen atoms in total. The number of nitrogens with zero attached hydrogens (tertiary/aromatic N) is 1. The predicted octanol–water partition coefficient (Wildman–Crippen LogP) is 3.27. The second kappa shape index (κ2) is 4.72. The molecule has 1 aromatic heterocycles. The van der Waals surface area contributed by atoms with E-state index in [0.717, 1.165) is 16.2 Å². The number of benzene rings is 1. The van der Waals surface area contributed by atoms with Crippen LogP contribution < -0.4 is 10.5 Å². The van der Waals surface area contributed by atoms with Crippen LogP contribution in [0, 0.1) is 6.92 Å². The van der Waals surface area contributed by atoms with Gasteiger partial charge in [-0.15, -0.1) is 0 Å². The minimum atomic E-state index is 0.468. The SMILES string of the molecule is Cc1ccc(Cl)cc1OCc1cnc(N)s1. The maximum Gasteiger partial charge on any atom is 0.180 e. The quantitative estimate of drug-likeness (QED) is 0.915. The Hall–Kier alpha value is -1.26. The molecule has 0 saturated heterocycles. The molecule has 0 aliphatic carbocycles. The third kappa shape index (κ3) is 2.65. The summed E-state index contributed by atoms with van der Waals surface area (Å²) in [6, 6.07) is 5.58. The maximum absolute atomic E-state index is 5.89. The molecule has 0 saturated carbocycles. The van der Waals surface area contributed by atoms with Crippen molar-refractivity contribution in [3.05, 3.63) is 39.9 Å². The van der Waals surface area contributed by atoms with E-state index in [1.165, 1.54) is 11.3 Å². The summed E-state index contributed by atoms with van der Waals surface area (Å²) in [5.41, 5.74) is 6.59. The van der Waals surface area contributed by atoms with Gasteiger partial charge in [0.25, 0.3) is 0 Å². The van der Waals surface area contributed by atoms with Gasteiger partial charge < -0.3 is 10.5 Å². The number of nitrogen functional groups attached to an aromatic ring is 1. The van der Waals surface area contributed by atoms with Crippen molar-refractivity contribution in [1.29, 1.82) is 0 Å². The summed E-state index contributed by atoms with van der Waals surface area (Å²) in [5.74, 6) is 0.791. The van der Waals surface area contributed by atoms with Crippen LogP contribution in [0.1, 0.15) is 10.4 Å². The lowest BCUT2D eigenvalue weighted by Crippen LogP contribution is -1.94. The molecule has 0 spiro atoms. The van der Waals surface area contributed by atoms with Crippen molar-refractivity contribution >= 4 is 28.1 Å². The van der Waals surface area contributed by atoms with Crippen LogP contribution in [0.15, 0.2) is 24.4 Å². The second-order valence-electron chi connectivity index (χ2n) is 3.36. The number of hydrogen-bond donors (Lipinski definition) is 1. The van der Waals surface area contributed by atoms with Crippen LogP contribution in [0.4, 0.5) is 5.13 Å². The highest BCUT2D eigenvalue weighted by molar-refractivity contribution is 7.15. The van der Waals surface area contributed by atoms with Crippen molar-refractivity contribution < 1.29 is 4.74 Å². The van der Waals surface area contributed by atoms with Crippen molar-refractivity contribution in [1.82, 2.24) is 4.98 Å². The Morgan fingerprint density at radius 2 is 2.31 bits per heavy atom. The Morgan fingerprint density at radius 1 is 1.50 bits per heavy atom. The number of aryl methyl sites for hydroxylation is 1. The normalized spacial score (nSPS) is 10.4. The van der Waals surface area contributed by atoms with E-state index in [1.54, 1.807) is 12.3 Å². The Balaban J connectivity index is 2.07. The molecule has 2 rings (SSSR count). The lowest BCUT2D eigenvalue weighted by atomic mass is 10.2. The molecule has 0 unspecified atom stereocenters. The first-order valence-electron chi connectivity index (χ1n) is 4.74. The standard InChI is InChI=1S/C11H11ClN2OS/c1-7-2-3-8(12)4-10(7)15-6-9-5-14-11(13)16-9/h2-5H,6H2,1H3,(H2,13,14). The van der Waals surface area contributed by atoms with Gasteiger partial charge >= 0.3 is 0 Å². The first-order chi connectivity index (χ1) is 7.65. The van der Waals surface area contributed by atoms with Crippen LogP contribution in [0.3, 0.4) is 0 Å². The summed E-state index contributed by atoms with van der Waals surface area (Å²) < 4.78 is 5.65. The van der Waals surface area contributed by atoms with E-state index in [2.05, 4.69) is 4.98 Å². The van der Waals surface area contributed by atoms with Gasteiger partial charge in [0.05, 0.1) is 4.88 Å². The average Bonchev–Trinajstić information content (AvgIpc) is 2.66. The fraction of sp³-hybridized carbons (Fsp3) is 0.182. The molecule has 0 amide bonds. The summed E-state index contributed by atoms with van der Waals surface area (Å²) in [7, 11) is 0. The van der Waals surface area contributed by atoms with E-state index in [9.17, 15) is 0 Å². The van der Waals surface area contributed by atoms with Gasteiger partial charge in [-0.2, -0.15) is 0 Å². The third-order valence-electron chi connectivity index (χ3n) is 2.09. The molecule has 0 aliphatic heterocycles. The van der Waals surface area contributed by atoms with E-state index in [-0.39, 0.29) is 0 Å². The van der Waals surface area contributed by atoms with Gasteiger partial charge in [0, 0.05) is 11.2 Å². The minimum Gasteiger partial charge on any atom is -0.488 e. The summed E-state index contributed by atoms with van der Waals surface area (Å²) in [6.45, 7) is 2.45. The second-order valence-corrected chi connectivity index (χ2v) is 4.95. The topological polar surface area (TPSA) is 48.1 Å². The average molecular weight is 255 g/mol. The van der Waals surface area contributed by atoms with Crippen LogP contribution in [-0.4, -0.2) is 4.98 Å². The molecular formula is C11H11ClN2OS. The van der Waals surface area contributed by atoms with E-state index in [1.807, 2.05) is 19.1 Å². The van der Waals surface area contributed by atoms with Crippen LogP contribution >= 0.6 is 22.9 Å². The van der Waals surface area contributed by atoms with E-state index < -0.39 is 0 Å². The molecule has 0 aliphatic rings. The van der Waals surface area contributed by atoms with E-state index >= 15 is 0 Å². The van der Waals surface area contributed by atoms with Crippen LogP contribution in [-0.2, 0) is 6.61 Å². The first-order valence-corrected chi connectivity index (χ1v) is 5.94. The van der Waals surface area contributed by atoms with Crippen LogP contribution in [0.25, 0.3) is 0 Å². The van der Waals surface area contributed by atoms with Gasteiger partial charge in [0.1, 0.15) is 12.4 Å². The molecule has 2 aromatic rings. The fourth-order valence-corrected chi connectivity index (χ4v) is 2.03. The summed E-state index contributed by atoms with van der Waals surface area (Å²) in [6.07, 6.45) is 1.72. The fourth-order valence-electron chi connectivity index (χ4n) is 1.27. The summed E-state index contributed by atoms with van der Waals surface area (Å²) in [5, 5.41) is 1.23. The lowest BCUT2D eigenvalue weighted by molar-refractivity contribution is 0.307. The summed E-state index contributed by atoms with van der Waals surface area (Å²) >= 11 is 7.32. The van der Waals surface area contributed by atoms with Gasteiger partial charge in [-0.25, -0.2) is 4.98 Å². The number of nitrogens with two attached hydrogens (primary N) is 1. The highest BCUT2D eigenvalue weighted by atomic mass is 35.5. The molecule has 0 atom stereocenters. The monoisotopic (exact) mass is 254 g/mol. The minimum absolute atomic E-state index is 0.468. The highest BCUT2D eigenvalue weighted by Crippen LogP contribution is 2.24. The number of aromatic nitrogens is 1. The zero-order chi connectivity index (χ0) is 11.5. The number of ether oxygens (including phenoxy) is 1.